The molecular weight excluding hydrogens is 148 g/mol. The summed E-state index contributed by atoms with van der Waals surface area (Å²) in [6.07, 6.45) is 0. The first kappa shape index (κ1) is 7.41. The van der Waals surface area contributed by atoms with Gasteiger partial charge in [0.05, 0.1) is 0 Å². The van der Waals surface area contributed by atoms with E-state index < -0.39 is 0 Å². The second-order valence-electron chi connectivity index (χ2n) is 3.21. The molecule has 1 aromatic carbocycles. The first-order valence-corrected chi connectivity index (χ1v) is 4.18. The lowest BCUT2D eigenvalue weighted by molar-refractivity contribution is 0.322. The largest absolute Gasteiger partial charge is 0.489 e. The standard InChI is InChI=1S/C11H12O/c1-8-7-12-11-6-4-3-5-10(11)9(8)2/h3-6,9H,1,7H2,2H3. The van der Waals surface area contributed by atoms with Crippen molar-refractivity contribution in [3.8, 4) is 5.75 Å². The summed E-state index contributed by atoms with van der Waals surface area (Å²) in [4.78, 5) is 0. The van der Waals surface area contributed by atoms with E-state index in [4.69, 9.17) is 4.74 Å². The van der Waals surface area contributed by atoms with Crippen molar-refractivity contribution in [2.75, 3.05) is 6.61 Å². The number of benzene rings is 1. The van der Waals surface area contributed by atoms with Gasteiger partial charge < -0.3 is 4.74 Å². The average Bonchev–Trinajstić information content (AvgIpc) is 2.12. The summed E-state index contributed by atoms with van der Waals surface area (Å²) in [7, 11) is 0. The van der Waals surface area contributed by atoms with Crippen LogP contribution >= 0.6 is 0 Å². The Kier molecular flexibility index (Phi) is 1.65. The maximum absolute atomic E-state index is 5.51. The van der Waals surface area contributed by atoms with Gasteiger partial charge >= 0.3 is 0 Å². The van der Waals surface area contributed by atoms with Crippen molar-refractivity contribution in [3.63, 3.8) is 0 Å². The molecule has 1 heterocycles. The fourth-order valence-corrected chi connectivity index (χ4v) is 1.49. The summed E-state index contributed by atoms with van der Waals surface area (Å²) >= 11 is 0. The predicted octanol–water partition coefficient (Wildman–Crippen LogP) is 2.74. The summed E-state index contributed by atoms with van der Waals surface area (Å²) in [6.45, 7) is 6.80. The third kappa shape index (κ3) is 1.02. The van der Waals surface area contributed by atoms with Gasteiger partial charge in [0.1, 0.15) is 12.4 Å². The molecule has 0 saturated carbocycles. The van der Waals surface area contributed by atoms with Crippen LogP contribution in [0.2, 0.25) is 0 Å². The molecule has 1 unspecified atom stereocenters. The van der Waals surface area contributed by atoms with E-state index in [1.165, 1.54) is 5.56 Å². The molecule has 62 valence electrons. The Morgan fingerprint density at radius 2 is 2.17 bits per heavy atom. The van der Waals surface area contributed by atoms with Crippen LogP contribution in [0.4, 0.5) is 0 Å². The second-order valence-corrected chi connectivity index (χ2v) is 3.21. The van der Waals surface area contributed by atoms with E-state index >= 15 is 0 Å². The lowest BCUT2D eigenvalue weighted by atomic mass is 9.92. The molecule has 0 fully saturated rings. The minimum atomic E-state index is 0.440. The molecule has 0 aliphatic carbocycles. The van der Waals surface area contributed by atoms with Crippen LogP contribution in [0.1, 0.15) is 18.4 Å². The van der Waals surface area contributed by atoms with Crippen LogP contribution in [0.25, 0.3) is 0 Å². The highest BCUT2D eigenvalue weighted by atomic mass is 16.5. The van der Waals surface area contributed by atoms with E-state index in [0.717, 1.165) is 11.3 Å². The predicted molar refractivity (Wildman–Crippen MR) is 49.5 cm³/mol. The zero-order chi connectivity index (χ0) is 8.55. The smallest absolute Gasteiger partial charge is 0.123 e. The van der Waals surface area contributed by atoms with Crippen LogP contribution in [-0.4, -0.2) is 6.61 Å². The van der Waals surface area contributed by atoms with E-state index in [9.17, 15) is 0 Å². The molecule has 1 aromatic rings. The molecule has 0 radical (unpaired) electrons. The molecule has 1 aliphatic heterocycles. The lowest BCUT2D eigenvalue weighted by Crippen LogP contribution is -2.14. The SMILES string of the molecule is C=C1COc2ccccc2C1C. The highest BCUT2D eigenvalue weighted by molar-refractivity contribution is 5.42. The quantitative estimate of drug-likeness (QED) is 0.530. The second kappa shape index (κ2) is 2.67. The van der Waals surface area contributed by atoms with Gasteiger partial charge in [-0.05, 0) is 11.6 Å². The molecule has 0 saturated heterocycles. The molecular formula is C11H12O. The van der Waals surface area contributed by atoms with Crippen LogP contribution in [0.15, 0.2) is 36.4 Å². The number of ether oxygens (including phenoxy) is 1. The first-order chi connectivity index (χ1) is 5.79. The number of hydrogen-bond acceptors (Lipinski definition) is 1. The molecule has 1 aliphatic rings. The van der Waals surface area contributed by atoms with Crippen molar-refractivity contribution >= 4 is 0 Å². The van der Waals surface area contributed by atoms with Gasteiger partial charge in [0.2, 0.25) is 0 Å². The topological polar surface area (TPSA) is 9.23 Å². The number of fused-ring (bicyclic) bond motifs is 1. The molecule has 0 N–H and O–H groups in total. The van der Waals surface area contributed by atoms with Crippen LogP contribution in [0, 0.1) is 0 Å². The maximum atomic E-state index is 5.51. The summed E-state index contributed by atoms with van der Waals surface area (Å²) in [6, 6.07) is 8.15. The van der Waals surface area contributed by atoms with Gasteiger partial charge in [0.15, 0.2) is 0 Å². The summed E-state index contributed by atoms with van der Waals surface area (Å²) < 4.78 is 5.51. The Bertz CT molecular complexity index is 315. The Balaban J connectivity index is 2.48. The van der Waals surface area contributed by atoms with E-state index in [1.807, 2.05) is 18.2 Å². The van der Waals surface area contributed by atoms with Crippen molar-refractivity contribution in [1.82, 2.24) is 0 Å². The summed E-state index contributed by atoms with van der Waals surface area (Å²) in [5.41, 5.74) is 2.42. The molecule has 0 aromatic heterocycles. The van der Waals surface area contributed by atoms with Gasteiger partial charge in [0.25, 0.3) is 0 Å². The van der Waals surface area contributed by atoms with Crippen molar-refractivity contribution in [1.29, 1.82) is 0 Å². The Hall–Kier alpha value is -1.24. The fraction of sp³-hybridized carbons (Fsp3) is 0.273. The Morgan fingerprint density at radius 1 is 1.42 bits per heavy atom. The molecule has 12 heavy (non-hydrogen) atoms. The molecule has 0 amide bonds. The summed E-state index contributed by atoms with van der Waals surface area (Å²) in [5, 5.41) is 0. The lowest BCUT2D eigenvalue weighted by Gasteiger charge is -2.24. The van der Waals surface area contributed by atoms with Crippen LogP contribution in [0.3, 0.4) is 0 Å². The van der Waals surface area contributed by atoms with E-state index in [-0.39, 0.29) is 0 Å². The summed E-state index contributed by atoms with van der Waals surface area (Å²) in [5.74, 6) is 1.45. The van der Waals surface area contributed by atoms with Crippen molar-refractivity contribution < 1.29 is 4.74 Å². The van der Waals surface area contributed by atoms with Gasteiger partial charge in [-0.15, -0.1) is 0 Å². The monoisotopic (exact) mass is 160 g/mol. The first-order valence-electron chi connectivity index (χ1n) is 4.18. The molecule has 0 spiro atoms. The van der Waals surface area contributed by atoms with Gasteiger partial charge in [-0.1, -0.05) is 31.7 Å². The van der Waals surface area contributed by atoms with Crippen molar-refractivity contribution in [3.05, 3.63) is 42.0 Å². The van der Waals surface area contributed by atoms with Crippen molar-refractivity contribution in [2.45, 2.75) is 12.8 Å². The van der Waals surface area contributed by atoms with Gasteiger partial charge in [-0.2, -0.15) is 0 Å². The normalized spacial score (nSPS) is 21.4. The van der Waals surface area contributed by atoms with Gasteiger partial charge in [-0.25, -0.2) is 0 Å². The third-order valence-electron chi connectivity index (χ3n) is 2.41. The number of hydrogen-bond donors (Lipinski definition) is 0. The molecule has 1 nitrogen and oxygen atoms in total. The van der Waals surface area contributed by atoms with Crippen LogP contribution in [-0.2, 0) is 0 Å². The highest BCUT2D eigenvalue weighted by Crippen LogP contribution is 2.34. The molecule has 1 atom stereocenters. The third-order valence-corrected chi connectivity index (χ3v) is 2.41. The minimum absolute atomic E-state index is 0.440. The highest BCUT2D eigenvalue weighted by Gasteiger charge is 2.19. The zero-order valence-corrected chi connectivity index (χ0v) is 7.21. The molecule has 0 bridgehead atoms. The average molecular weight is 160 g/mol. The Labute approximate surface area is 72.7 Å². The van der Waals surface area contributed by atoms with Gasteiger partial charge in [-0.3, -0.25) is 0 Å². The molecule has 1 heteroatoms. The maximum Gasteiger partial charge on any atom is 0.123 e. The minimum Gasteiger partial charge on any atom is -0.489 e. The number of rotatable bonds is 0. The van der Waals surface area contributed by atoms with E-state index in [2.05, 4.69) is 19.6 Å². The van der Waals surface area contributed by atoms with Crippen LogP contribution in [0.5, 0.6) is 5.75 Å². The molecule has 2 rings (SSSR count). The van der Waals surface area contributed by atoms with E-state index in [0.29, 0.717) is 12.5 Å². The fourth-order valence-electron chi connectivity index (χ4n) is 1.49. The van der Waals surface area contributed by atoms with Gasteiger partial charge in [0, 0.05) is 11.5 Å². The Morgan fingerprint density at radius 3 is 3.00 bits per heavy atom. The van der Waals surface area contributed by atoms with E-state index in [1.54, 1.807) is 0 Å². The number of para-hydroxylation sites is 1. The zero-order valence-electron chi connectivity index (χ0n) is 7.21. The van der Waals surface area contributed by atoms with Crippen molar-refractivity contribution in [2.24, 2.45) is 0 Å². The van der Waals surface area contributed by atoms with Crippen LogP contribution < -0.4 is 4.74 Å².